The second kappa shape index (κ2) is 7.92. The van der Waals surface area contributed by atoms with E-state index in [0.29, 0.717) is 38.9 Å². The van der Waals surface area contributed by atoms with Gasteiger partial charge >= 0.3 is 0 Å². The van der Waals surface area contributed by atoms with Gasteiger partial charge in [-0.1, -0.05) is 48.2 Å². The minimum Gasteiger partial charge on any atom is -0.367 e. The number of aromatic amines is 1. The molecule has 5 nitrogen and oxygen atoms in total. The first-order valence-corrected chi connectivity index (χ1v) is 8.93. The lowest BCUT2D eigenvalue weighted by Gasteiger charge is -2.08. The molecule has 2 aromatic carbocycles. The van der Waals surface area contributed by atoms with Gasteiger partial charge in [0.1, 0.15) is 10.1 Å². The SMILES string of the molecule is N#Cc1ccc(CNC(=S)SCc2nc3ccccc3c(=O)[nH]2)cc1. The van der Waals surface area contributed by atoms with Crippen molar-refractivity contribution in [2.45, 2.75) is 12.3 Å². The van der Waals surface area contributed by atoms with E-state index < -0.39 is 0 Å². The van der Waals surface area contributed by atoms with Gasteiger partial charge in [-0.05, 0) is 29.8 Å². The molecule has 0 atom stereocenters. The molecule has 0 bridgehead atoms. The van der Waals surface area contributed by atoms with Gasteiger partial charge < -0.3 is 10.3 Å². The summed E-state index contributed by atoms with van der Waals surface area (Å²) in [6, 6.07) is 16.7. The smallest absolute Gasteiger partial charge is 0.258 e. The Hall–Kier alpha value is -2.69. The van der Waals surface area contributed by atoms with E-state index in [1.807, 2.05) is 30.3 Å². The first-order chi connectivity index (χ1) is 12.2. The van der Waals surface area contributed by atoms with Gasteiger partial charge in [-0.3, -0.25) is 4.79 Å². The molecule has 3 aromatic rings. The third-order valence-corrected chi connectivity index (χ3v) is 4.84. The maximum atomic E-state index is 12.0. The van der Waals surface area contributed by atoms with E-state index in [0.717, 1.165) is 5.56 Å². The monoisotopic (exact) mass is 366 g/mol. The second-order valence-corrected chi connectivity index (χ2v) is 6.92. The topological polar surface area (TPSA) is 81.6 Å². The molecule has 124 valence electrons. The Morgan fingerprint density at radius 2 is 2.00 bits per heavy atom. The predicted octanol–water partition coefficient (Wildman–Crippen LogP) is 3.10. The number of benzene rings is 2. The van der Waals surface area contributed by atoms with Crippen LogP contribution in [0.3, 0.4) is 0 Å². The summed E-state index contributed by atoms with van der Waals surface area (Å²) in [6.07, 6.45) is 0. The molecule has 0 radical (unpaired) electrons. The standard InChI is InChI=1S/C18H14N4OS2/c19-9-12-5-7-13(8-6-12)10-20-18(24)25-11-16-21-15-4-2-1-3-14(15)17(23)22-16/h1-8H,10-11H2,(H,20,24)(H,21,22,23). The highest BCUT2D eigenvalue weighted by Crippen LogP contribution is 2.12. The molecule has 25 heavy (non-hydrogen) atoms. The van der Waals surface area contributed by atoms with Gasteiger partial charge in [-0.25, -0.2) is 4.98 Å². The van der Waals surface area contributed by atoms with Gasteiger partial charge in [0.15, 0.2) is 0 Å². The van der Waals surface area contributed by atoms with Gasteiger partial charge in [-0.15, -0.1) is 0 Å². The van der Waals surface area contributed by atoms with Crippen molar-refractivity contribution < 1.29 is 0 Å². The fraction of sp³-hybridized carbons (Fsp3) is 0.111. The number of fused-ring (bicyclic) bond motifs is 1. The fourth-order valence-corrected chi connectivity index (χ4v) is 3.09. The molecular formula is C18H14N4OS2. The van der Waals surface area contributed by atoms with Crippen molar-refractivity contribution in [2.75, 3.05) is 0 Å². The molecule has 1 aromatic heterocycles. The van der Waals surface area contributed by atoms with Gasteiger partial charge in [0, 0.05) is 6.54 Å². The molecule has 7 heteroatoms. The van der Waals surface area contributed by atoms with Crippen LogP contribution in [0.15, 0.2) is 53.3 Å². The Bertz CT molecular complexity index is 1010. The van der Waals surface area contributed by atoms with Crippen molar-refractivity contribution >= 4 is 39.2 Å². The number of aromatic nitrogens is 2. The molecule has 1 heterocycles. The number of hydrogen-bond donors (Lipinski definition) is 2. The van der Waals surface area contributed by atoms with Crippen molar-refractivity contribution in [3.05, 3.63) is 75.8 Å². The summed E-state index contributed by atoms with van der Waals surface area (Å²) in [5.74, 6) is 1.08. The molecule has 0 amide bonds. The molecule has 0 saturated heterocycles. The number of para-hydroxylation sites is 1. The van der Waals surface area contributed by atoms with Crippen molar-refractivity contribution in [1.82, 2.24) is 15.3 Å². The van der Waals surface area contributed by atoms with Gasteiger partial charge in [0.25, 0.3) is 5.56 Å². The fourth-order valence-electron chi connectivity index (χ4n) is 2.26. The lowest BCUT2D eigenvalue weighted by atomic mass is 10.1. The van der Waals surface area contributed by atoms with Crippen LogP contribution in [0.1, 0.15) is 17.0 Å². The lowest BCUT2D eigenvalue weighted by Crippen LogP contribution is -2.18. The zero-order chi connectivity index (χ0) is 17.6. The van der Waals surface area contributed by atoms with Crippen molar-refractivity contribution in [3.8, 4) is 6.07 Å². The van der Waals surface area contributed by atoms with E-state index in [4.69, 9.17) is 17.5 Å². The Morgan fingerprint density at radius 3 is 2.76 bits per heavy atom. The van der Waals surface area contributed by atoms with Crippen LogP contribution in [-0.2, 0) is 12.3 Å². The molecule has 0 aliphatic heterocycles. The van der Waals surface area contributed by atoms with E-state index in [1.54, 1.807) is 18.2 Å². The third-order valence-electron chi connectivity index (χ3n) is 3.52. The Morgan fingerprint density at radius 1 is 1.24 bits per heavy atom. The van der Waals surface area contributed by atoms with Gasteiger partial charge in [0.05, 0.1) is 28.3 Å². The summed E-state index contributed by atoms with van der Waals surface area (Å²) < 4.78 is 0.625. The zero-order valence-corrected chi connectivity index (χ0v) is 14.8. The first kappa shape index (κ1) is 17.1. The minimum absolute atomic E-state index is 0.141. The van der Waals surface area contributed by atoms with Crippen LogP contribution in [0.2, 0.25) is 0 Å². The molecule has 0 fully saturated rings. The summed E-state index contributed by atoms with van der Waals surface area (Å²) in [5.41, 5.74) is 2.21. The largest absolute Gasteiger partial charge is 0.367 e. The van der Waals surface area contributed by atoms with Crippen LogP contribution < -0.4 is 10.9 Å². The molecule has 0 aliphatic rings. The number of nitrogens with zero attached hydrogens (tertiary/aromatic N) is 2. The van der Waals surface area contributed by atoms with Gasteiger partial charge in [0.2, 0.25) is 0 Å². The quantitative estimate of drug-likeness (QED) is 0.691. The van der Waals surface area contributed by atoms with E-state index in [2.05, 4.69) is 21.4 Å². The molecular weight excluding hydrogens is 352 g/mol. The summed E-state index contributed by atoms with van der Waals surface area (Å²) in [4.78, 5) is 19.3. The van der Waals surface area contributed by atoms with E-state index in [-0.39, 0.29) is 5.56 Å². The average Bonchev–Trinajstić information content (AvgIpc) is 2.65. The normalized spacial score (nSPS) is 10.4. The van der Waals surface area contributed by atoms with Crippen LogP contribution >= 0.6 is 24.0 Å². The predicted molar refractivity (Wildman–Crippen MR) is 104 cm³/mol. The molecule has 0 spiro atoms. The van der Waals surface area contributed by atoms with Crippen LogP contribution in [0.25, 0.3) is 10.9 Å². The summed E-state index contributed by atoms with van der Waals surface area (Å²) >= 11 is 6.72. The number of nitriles is 1. The third kappa shape index (κ3) is 4.44. The molecule has 3 rings (SSSR count). The highest BCUT2D eigenvalue weighted by atomic mass is 32.2. The van der Waals surface area contributed by atoms with Crippen molar-refractivity contribution in [1.29, 1.82) is 5.26 Å². The zero-order valence-electron chi connectivity index (χ0n) is 13.2. The maximum absolute atomic E-state index is 12.0. The Kier molecular flexibility index (Phi) is 5.43. The molecule has 0 saturated carbocycles. The van der Waals surface area contributed by atoms with E-state index >= 15 is 0 Å². The van der Waals surface area contributed by atoms with Crippen LogP contribution in [0, 0.1) is 11.3 Å². The molecule has 2 N–H and O–H groups in total. The Balaban J connectivity index is 1.57. The number of hydrogen-bond acceptors (Lipinski definition) is 5. The molecule has 0 unspecified atom stereocenters. The maximum Gasteiger partial charge on any atom is 0.258 e. The second-order valence-electron chi connectivity index (χ2n) is 5.27. The highest BCUT2D eigenvalue weighted by Gasteiger charge is 2.05. The lowest BCUT2D eigenvalue weighted by molar-refractivity contribution is 0.939. The van der Waals surface area contributed by atoms with Gasteiger partial charge in [-0.2, -0.15) is 5.26 Å². The summed E-state index contributed by atoms with van der Waals surface area (Å²) in [6.45, 7) is 0.583. The van der Waals surface area contributed by atoms with Crippen LogP contribution in [-0.4, -0.2) is 14.3 Å². The Labute approximate surface area is 154 Å². The van der Waals surface area contributed by atoms with Crippen LogP contribution in [0.5, 0.6) is 0 Å². The van der Waals surface area contributed by atoms with E-state index in [1.165, 1.54) is 11.8 Å². The summed E-state index contributed by atoms with van der Waals surface area (Å²) in [5, 5.41) is 12.5. The number of nitrogens with one attached hydrogen (secondary N) is 2. The molecule has 0 aliphatic carbocycles. The number of thiocarbonyl (C=S) groups is 1. The van der Waals surface area contributed by atoms with E-state index in [9.17, 15) is 4.79 Å². The number of thioether (sulfide) groups is 1. The number of H-pyrrole nitrogens is 1. The summed E-state index contributed by atoms with van der Waals surface area (Å²) in [7, 11) is 0. The van der Waals surface area contributed by atoms with Crippen LogP contribution in [0.4, 0.5) is 0 Å². The first-order valence-electron chi connectivity index (χ1n) is 7.53. The highest BCUT2D eigenvalue weighted by molar-refractivity contribution is 8.22. The minimum atomic E-state index is -0.141. The number of rotatable bonds is 4. The van der Waals surface area contributed by atoms with Crippen molar-refractivity contribution in [2.24, 2.45) is 0 Å². The average molecular weight is 366 g/mol. The van der Waals surface area contributed by atoms with Crippen molar-refractivity contribution in [3.63, 3.8) is 0 Å².